The summed E-state index contributed by atoms with van der Waals surface area (Å²) in [4.78, 5) is 99.7. The average Bonchev–Trinajstić information content (AvgIpc) is 3.13. The van der Waals surface area contributed by atoms with Gasteiger partial charge in [-0.2, -0.15) is 0 Å². The molecule has 0 radical (unpaired) electrons. The van der Waals surface area contributed by atoms with Crippen LogP contribution in [0.15, 0.2) is 0 Å². The Bertz CT molecular complexity index is 1300. The number of alkyl carbamates (subject to hydrolysis) is 1. The fourth-order valence-electron chi connectivity index (χ4n) is 4.74. The molecular formula is C39H71N7O13. The minimum absolute atomic E-state index is 0.0803. The van der Waals surface area contributed by atoms with E-state index in [2.05, 4.69) is 37.2 Å². The Balaban J connectivity index is 5.27. The third-order valence-electron chi connectivity index (χ3n) is 7.49. The van der Waals surface area contributed by atoms with Crippen LogP contribution in [0.25, 0.3) is 0 Å². The molecule has 0 rings (SSSR count). The number of esters is 2. The maximum Gasteiger partial charge on any atom is 0.407 e. The molecule has 20 nitrogen and oxygen atoms in total. The number of rotatable bonds is 30. The smallest absolute Gasteiger partial charge is 0.407 e. The van der Waals surface area contributed by atoms with Crippen LogP contribution < -0.4 is 37.2 Å². The first kappa shape index (κ1) is 54.3. The van der Waals surface area contributed by atoms with Gasteiger partial charge in [0.15, 0.2) is 0 Å². The molecule has 0 aliphatic carbocycles. The number of carbonyl (C=O) groups excluding carboxylic acids is 8. The zero-order valence-electron chi connectivity index (χ0n) is 36.4. The number of hydrogen-bond acceptors (Lipinski definition) is 13. The zero-order valence-corrected chi connectivity index (χ0v) is 36.4. The van der Waals surface area contributed by atoms with Gasteiger partial charge in [-0.1, -0.05) is 13.3 Å². The highest BCUT2D eigenvalue weighted by molar-refractivity contribution is 5.93. The van der Waals surface area contributed by atoms with Crippen LogP contribution in [0.5, 0.6) is 0 Å². The van der Waals surface area contributed by atoms with Crippen LogP contribution in [0.4, 0.5) is 9.59 Å². The van der Waals surface area contributed by atoms with Crippen molar-refractivity contribution in [2.75, 3.05) is 65.8 Å². The van der Waals surface area contributed by atoms with E-state index in [1.54, 1.807) is 48.5 Å². The van der Waals surface area contributed by atoms with Crippen molar-refractivity contribution in [3.63, 3.8) is 0 Å². The van der Waals surface area contributed by atoms with Gasteiger partial charge in [0.2, 0.25) is 23.6 Å². The third-order valence-corrected chi connectivity index (χ3v) is 7.49. The molecule has 0 aliphatic heterocycles. The van der Waals surface area contributed by atoms with Gasteiger partial charge in [0.05, 0.1) is 33.0 Å². The Labute approximate surface area is 348 Å². The molecule has 0 aromatic rings. The highest BCUT2D eigenvalue weighted by Gasteiger charge is 2.28. The van der Waals surface area contributed by atoms with E-state index >= 15 is 0 Å². The summed E-state index contributed by atoms with van der Waals surface area (Å²) in [6.07, 6.45) is 1.58. The molecule has 59 heavy (non-hydrogen) atoms. The molecular weight excluding hydrogens is 774 g/mol. The van der Waals surface area contributed by atoms with E-state index in [0.29, 0.717) is 25.8 Å². The topological polar surface area (TPSA) is 267 Å². The van der Waals surface area contributed by atoms with Crippen LogP contribution in [0.2, 0.25) is 0 Å². The summed E-state index contributed by atoms with van der Waals surface area (Å²) < 4.78 is 26.6. The molecule has 0 bridgehead atoms. The van der Waals surface area contributed by atoms with Gasteiger partial charge in [-0.05, 0) is 80.6 Å². The minimum atomic E-state index is -1.27. The van der Waals surface area contributed by atoms with Gasteiger partial charge in [0, 0.05) is 45.4 Å². The predicted molar refractivity (Wildman–Crippen MR) is 217 cm³/mol. The number of ether oxygens (including phenoxy) is 5. The van der Waals surface area contributed by atoms with Crippen molar-refractivity contribution >= 4 is 47.7 Å². The van der Waals surface area contributed by atoms with E-state index in [0.717, 1.165) is 6.42 Å². The van der Waals surface area contributed by atoms with Crippen LogP contribution in [0, 0.1) is 0 Å². The lowest BCUT2D eigenvalue weighted by atomic mass is 10.1. The standard InChI is InChI=1S/C39H71N7O13/c1-9-11-22-57-33(50)27-44-34(51)29(15-18-32(49)58-38(3,4)5)45-35(52)28(14-12-13-19-43-37(54)59-39(6,7)8)46-36(53)42-21-24-56-26-25-55-23-20-41-31(48)17-16-30(47)40-10-2/h28-29H,9-27H2,1-8H3,(H,40,47)(H,41,48)(H,43,54)(H,44,51)(H,45,52)(H2,42,46,53). The van der Waals surface area contributed by atoms with Crippen LogP contribution in [0.1, 0.15) is 113 Å². The van der Waals surface area contributed by atoms with E-state index in [9.17, 15) is 38.4 Å². The van der Waals surface area contributed by atoms with Gasteiger partial charge in [-0.25, -0.2) is 9.59 Å². The van der Waals surface area contributed by atoms with Crippen molar-refractivity contribution in [2.24, 2.45) is 0 Å². The second kappa shape index (κ2) is 31.2. The van der Waals surface area contributed by atoms with Crippen LogP contribution in [0.3, 0.4) is 0 Å². The molecule has 0 saturated carbocycles. The predicted octanol–water partition coefficient (Wildman–Crippen LogP) is 1.48. The first-order chi connectivity index (χ1) is 27.8. The molecule has 2 atom stereocenters. The van der Waals surface area contributed by atoms with Crippen molar-refractivity contribution in [3.8, 4) is 0 Å². The summed E-state index contributed by atoms with van der Waals surface area (Å²) in [5.74, 6) is -3.16. The Morgan fingerprint density at radius 2 is 1.12 bits per heavy atom. The quantitative estimate of drug-likeness (QED) is 0.0307. The van der Waals surface area contributed by atoms with E-state index < -0.39 is 65.7 Å². The van der Waals surface area contributed by atoms with Crippen LogP contribution in [-0.4, -0.2) is 137 Å². The molecule has 0 saturated heterocycles. The molecule has 0 aliphatic rings. The second-order valence-electron chi connectivity index (χ2n) is 15.4. The summed E-state index contributed by atoms with van der Waals surface area (Å²) >= 11 is 0. The number of urea groups is 1. The molecule has 7 amide bonds. The van der Waals surface area contributed by atoms with E-state index in [1.807, 2.05) is 6.92 Å². The van der Waals surface area contributed by atoms with E-state index in [4.69, 9.17) is 23.7 Å². The summed E-state index contributed by atoms with van der Waals surface area (Å²) in [6.45, 7) is 15.7. The van der Waals surface area contributed by atoms with Gasteiger partial charge < -0.3 is 60.9 Å². The lowest BCUT2D eigenvalue weighted by molar-refractivity contribution is -0.155. The third kappa shape index (κ3) is 32.9. The van der Waals surface area contributed by atoms with Gasteiger partial charge in [-0.3, -0.25) is 28.8 Å². The lowest BCUT2D eigenvalue weighted by Gasteiger charge is -2.24. The molecule has 20 heteroatoms. The number of unbranched alkanes of at least 4 members (excludes halogenated alkanes) is 2. The monoisotopic (exact) mass is 846 g/mol. The van der Waals surface area contributed by atoms with Crippen LogP contribution in [-0.2, 0) is 52.5 Å². The largest absolute Gasteiger partial charge is 0.464 e. The van der Waals surface area contributed by atoms with Gasteiger partial charge >= 0.3 is 24.1 Å². The fourth-order valence-corrected chi connectivity index (χ4v) is 4.74. The van der Waals surface area contributed by atoms with Crippen molar-refractivity contribution in [1.29, 1.82) is 0 Å². The fraction of sp³-hybridized carbons (Fsp3) is 0.795. The summed E-state index contributed by atoms with van der Waals surface area (Å²) in [5, 5.41) is 18.2. The normalized spacial score (nSPS) is 12.2. The van der Waals surface area contributed by atoms with Crippen molar-refractivity contribution in [2.45, 2.75) is 136 Å². The van der Waals surface area contributed by atoms with Crippen LogP contribution >= 0.6 is 0 Å². The number of carbonyl (C=O) groups is 8. The molecule has 0 aromatic heterocycles. The molecule has 0 fully saturated rings. The highest BCUT2D eigenvalue weighted by Crippen LogP contribution is 2.11. The first-order valence-electron chi connectivity index (χ1n) is 20.4. The molecule has 0 aromatic carbocycles. The maximum atomic E-state index is 13.6. The Morgan fingerprint density at radius 1 is 0.525 bits per heavy atom. The second-order valence-corrected chi connectivity index (χ2v) is 15.4. The van der Waals surface area contributed by atoms with Crippen molar-refractivity contribution < 1.29 is 62.0 Å². The Hall–Kier alpha value is -4.72. The van der Waals surface area contributed by atoms with Gasteiger partial charge in [0.25, 0.3) is 0 Å². The van der Waals surface area contributed by atoms with Gasteiger partial charge in [0.1, 0.15) is 29.8 Å². The Kier molecular flexibility index (Phi) is 28.7. The summed E-state index contributed by atoms with van der Waals surface area (Å²) in [5.41, 5.74) is -1.46. The maximum absolute atomic E-state index is 13.6. The SMILES string of the molecule is CCCCOC(=O)CNC(=O)C(CCC(=O)OC(C)(C)C)NC(=O)C(CCCCNC(=O)OC(C)(C)C)NC(=O)NCCOCCOCCNC(=O)CCC(=O)NCC. The summed E-state index contributed by atoms with van der Waals surface area (Å²) in [6, 6.07) is -3.11. The number of hydrogen-bond donors (Lipinski definition) is 7. The first-order valence-corrected chi connectivity index (χ1v) is 20.4. The van der Waals surface area contributed by atoms with Gasteiger partial charge in [-0.15, -0.1) is 0 Å². The minimum Gasteiger partial charge on any atom is -0.464 e. The molecule has 7 N–H and O–H groups in total. The molecule has 0 heterocycles. The molecule has 340 valence electrons. The van der Waals surface area contributed by atoms with Crippen molar-refractivity contribution in [1.82, 2.24) is 37.2 Å². The zero-order chi connectivity index (χ0) is 44.7. The van der Waals surface area contributed by atoms with E-state index in [-0.39, 0.29) is 96.6 Å². The summed E-state index contributed by atoms with van der Waals surface area (Å²) in [7, 11) is 0. The molecule has 2 unspecified atom stereocenters. The average molecular weight is 846 g/mol. The lowest BCUT2D eigenvalue weighted by Crippen LogP contribution is -2.55. The molecule has 0 spiro atoms. The number of amides is 7. The highest BCUT2D eigenvalue weighted by atomic mass is 16.6. The van der Waals surface area contributed by atoms with E-state index in [1.165, 1.54) is 0 Å². The Morgan fingerprint density at radius 3 is 1.71 bits per heavy atom. The number of nitrogens with one attached hydrogen (secondary N) is 7. The van der Waals surface area contributed by atoms with Crippen molar-refractivity contribution in [3.05, 3.63) is 0 Å².